The third kappa shape index (κ3) is 3.55. The first-order valence-electron chi connectivity index (χ1n) is 4.37. The molecule has 90 valence electrons. The van der Waals surface area contributed by atoms with Crippen LogP contribution in [-0.4, -0.2) is 46.8 Å². The highest BCUT2D eigenvalue weighted by atomic mass is 16.7. The molecule has 0 aliphatic heterocycles. The minimum atomic E-state index is -1.09. The van der Waals surface area contributed by atoms with Crippen molar-refractivity contribution < 1.29 is 14.6 Å². The Bertz CT molecular complexity index is 321. The Morgan fingerprint density at radius 2 is 2.06 bits per heavy atom. The lowest BCUT2D eigenvalue weighted by atomic mass is 10.5. The van der Waals surface area contributed by atoms with Gasteiger partial charge in [0, 0.05) is 14.2 Å². The number of hydrogen-bond acceptors (Lipinski definition) is 9. The molecule has 0 radical (unpaired) electrons. The average Bonchev–Trinajstić information content (AvgIpc) is 2.28. The molecule has 16 heavy (non-hydrogen) atoms. The number of aromatic nitrogens is 3. The Labute approximate surface area is 92.0 Å². The van der Waals surface area contributed by atoms with E-state index in [9.17, 15) is 5.11 Å². The van der Waals surface area contributed by atoms with E-state index in [0.717, 1.165) is 0 Å². The number of nitrogen functional groups attached to an aromatic ring is 1. The van der Waals surface area contributed by atoms with Crippen molar-refractivity contribution in [2.45, 2.75) is 12.5 Å². The van der Waals surface area contributed by atoms with Gasteiger partial charge in [-0.3, -0.25) is 5.43 Å². The van der Waals surface area contributed by atoms with Crippen molar-refractivity contribution >= 4 is 11.9 Å². The van der Waals surface area contributed by atoms with E-state index in [2.05, 4.69) is 25.8 Å². The first-order valence-corrected chi connectivity index (χ1v) is 4.37. The molecule has 0 amide bonds. The fourth-order valence-electron chi connectivity index (χ4n) is 0.930. The number of nitrogens with one attached hydrogen (secondary N) is 2. The molecule has 0 saturated carbocycles. The number of ether oxygens (including phenoxy) is 2. The average molecular weight is 230 g/mol. The van der Waals surface area contributed by atoms with E-state index in [1.807, 2.05) is 0 Å². The van der Waals surface area contributed by atoms with E-state index in [1.165, 1.54) is 20.5 Å². The summed E-state index contributed by atoms with van der Waals surface area (Å²) in [4.78, 5) is 11.1. The highest BCUT2D eigenvalue weighted by Crippen LogP contribution is 1.98. The fraction of sp³-hybridized carbons (Fsp3) is 0.571. The third-order valence-electron chi connectivity index (χ3n) is 1.64. The molecule has 0 aliphatic rings. The van der Waals surface area contributed by atoms with Gasteiger partial charge in [-0.05, 0) is 0 Å². The Morgan fingerprint density at radius 3 is 2.62 bits per heavy atom. The summed E-state index contributed by atoms with van der Waals surface area (Å²) < 4.78 is 9.64. The van der Waals surface area contributed by atoms with Gasteiger partial charge in [0.2, 0.25) is 11.9 Å². The number of rotatable bonds is 6. The number of nitrogens with two attached hydrogens (primary N) is 1. The molecule has 0 aromatic carbocycles. The lowest BCUT2D eigenvalue weighted by Crippen LogP contribution is -2.45. The molecule has 5 N–H and O–H groups in total. The highest BCUT2D eigenvalue weighted by Gasteiger charge is 2.17. The quantitative estimate of drug-likeness (QED) is 0.334. The number of hydrogen-bond donors (Lipinski definition) is 4. The van der Waals surface area contributed by atoms with E-state index in [-0.39, 0.29) is 11.9 Å². The van der Waals surface area contributed by atoms with Crippen molar-refractivity contribution in [3.63, 3.8) is 0 Å². The molecule has 0 saturated heterocycles. The van der Waals surface area contributed by atoms with Crippen molar-refractivity contribution in [3.05, 3.63) is 6.33 Å². The summed E-state index contributed by atoms with van der Waals surface area (Å²) in [5.74, 6) is 0.251. The van der Waals surface area contributed by atoms with Gasteiger partial charge in [0.15, 0.2) is 12.5 Å². The second kappa shape index (κ2) is 6.12. The second-order valence-corrected chi connectivity index (χ2v) is 2.72. The second-order valence-electron chi connectivity index (χ2n) is 2.72. The maximum Gasteiger partial charge on any atom is 0.242 e. The Balaban J connectivity index is 2.45. The molecule has 1 unspecified atom stereocenters. The van der Waals surface area contributed by atoms with Crippen molar-refractivity contribution in [2.75, 3.05) is 25.4 Å². The zero-order valence-corrected chi connectivity index (χ0v) is 8.91. The van der Waals surface area contributed by atoms with Crippen LogP contribution >= 0.6 is 0 Å². The van der Waals surface area contributed by atoms with Crippen LogP contribution in [0.4, 0.5) is 11.9 Å². The predicted octanol–water partition coefficient (Wildman–Crippen LogP) is -1.69. The van der Waals surface area contributed by atoms with E-state index in [1.54, 1.807) is 0 Å². The molecule has 1 rings (SSSR count). The van der Waals surface area contributed by atoms with Crippen molar-refractivity contribution in [3.8, 4) is 0 Å². The summed E-state index contributed by atoms with van der Waals surface area (Å²) in [5, 5.41) is 9.51. The molecule has 0 aliphatic carbocycles. The molecule has 1 aromatic heterocycles. The third-order valence-corrected chi connectivity index (χ3v) is 1.64. The lowest BCUT2D eigenvalue weighted by molar-refractivity contribution is -0.171. The fourth-order valence-corrected chi connectivity index (χ4v) is 0.930. The summed E-state index contributed by atoms with van der Waals surface area (Å²) in [7, 11) is 2.81. The van der Waals surface area contributed by atoms with Gasteiger partial charge in [0.25, 0.3) is 0 Å². The van der Waals surface area contributed by atoms with Crippen LogP contribution in [0, 0.1) is 0 Å². The van der Waals surface area contributed by atoms with Crippen molar-refractivity contribution in [1.82, 2.24) is 20.4 Å². The maximum absolute atomic E-state index is 9.51. The number of aliphatic hydroxyl groups is 1. The van der Waals surface area contributed by atoms with Crippen LogP contribution in [0.25, 0.3) is 0 Å². The molecule has 9 nitrogen and oxygen atoms in total. The van der Waals surface area contributed by atoms with E-state index in [4.69, 9.17) is 15.2 Å². The van der Waals surface area contributed by atoms with Gasteiger partial charge < -0.3 is 20.3 Å². The SMILES string of the molecule is COC(OC)C(O)NNc1ncnc(N)n1. The standard InChI is InChI=1S/C7H14N6O3/c1-15-5(16-2)4(14)12-13-7-10-3-9-6(8)11-7/h3-5,12,14H,1-2H3,(H3,8,9,10,11,13). The van der Waals surface area contributed by atoms with Gasteiger partial charge in [-0.25, -0.2) is 15.4 Å². The number of nitrogens with zero attached hydrogens (tertiary/aromatic N) is 3. The van der Waals surface area contributed by atoms with Crippen LogP contribution < -0.4 is 16.6 Å². The first kappa shape index (κ1) is 12.5. The monoisotopic (exact) mass is 230 g/mol. The van der Waals surface area contributed by atoms with Crippen LogP contribution in [0.2, 0.25) is 0 Å². The molecule has 0 bridgehead atoms. The zero-order chi connectivity index (χ0) is 12.0. The van der Waals surface area contributed by atoms with E-state index in [0.29, 0.717) is 0 Å². The lowest BCUT2D eigenvalue weighted by Gasteiger charge is -2.20. The van der Waals surface area contributed by atoms with Crippen LogP contribution in [0.5, 0.6) is 0 Å². The Kier molecular flexibility index (Phi) is 4.79. The molecular formula is C7H14N6O3. The van der Waals surface area contributed by atoms with Gasteiger partial charge in [0.05, 0.1) is 0 Å². The highest BCUT2D eigenvalue weighted by molar-refractivity contribution is 5.27. The largest absolute Gasteiger partial charge is 0.372 e. The number of methoxy groups -OCH3 is 2. The smallest absolute Gasteiger partial charge is 0.242 e. The van der Waals surface area contributed by atoms with E-state index < -0.39 is 12.5 Å². The van der Waals surface area contributed by atoms with Crippen LogP contribution in [0.15, 0.2) is 6.33 Å². The van der Waals surface area contributed by atoms with E-state index >= 15 is 0 Å². The molecular weight excluding hydrogens is 216 g/mol. The Morgan fingerprint density at radius 1 is 1.38 bits per heavy atom. The van der Waals surface area contributed by atoms with Crippen LogP contribution in [-0.2, 0) is 9.47 Å². The molecule has 0 fully saturated rings. The van der Waals surface area contributed by atoms with Gasteiger partial charge in [0.1, 0.15) is 6.33 Å². The normalized spacial score (nSPS) is 12.8. The molecule has 9 heteroatoms. The maximum atomic E-state index is 9.51. The van der Waals surface area contributed by atoms with Gasteiger partial charge in [-0.1, -0.05) is 0 Å². The van der Waals surface area contributed by atoms with Crippen molar-refractivity contribution in [1.29, 1.82) is 0 Å². The predicted molar refractivity (Wildman–Crippen MR) is 54.8 cm³/mol. The summed E-state index contributed by atoms with van der Waals surface area (Å²) in [6.45, 7) is 0. The Hall–Kier alpha value is -1.55. The molecule has 1 atom stereocenters. The number of aliphatic hydroxyl groups excluding tert-OH is 1. The summed E-state index contributed by atoms with van der Waals surface area (Å²) in [6, 6.07) is 0. The molecule has 1 aromatic rings. The van der Waals surface area contributed by atoms with Gasteiger partial charge >= 0.3 is 0 Å². The molecule has 1 heterocycles. The topological polar surface area (TPSA) is 127 Å². The summed E-state index contributed by atoms with van der Waals surface area (Å²) in [6.07, 6.45) is -0.664. The molecule has 0 spiro atoms. The zero-order valence-electron chi connectivity index (χ0n) is 8.91. The van der Waals surface area contributed by atoms with Crippen molar-refractivity contribution in [2.24, 2.45) is 0 Å². The first-order chi connectivity index (χ1) is 7.67. The number of anilines is 2. The number of hydrazine groups is 1. The minimum absolute atomic E-state index is 0.0730. The minimum Gasteiger partial charge on any atom is -0.372 e. The van der Waals surface area contributed by atoms with Gasteiger partial charge in [-0.2, -0.15) is 4.98 Å². The van der Waals surface area contributed by atoms with Crippen LogP contribution in [0.1, 0.15) is 0 Å². The van der Waals surface area contributed by atoms with Crippen LogP contribution in [0.3, 0.4) is 0 Å². The summed E-state index contributed by atoms with van der Waals surface area (Å²) in [5.41, 5.74) is 10.3. The summed E-state index contributed by atoms with van der Waals surface area (Å²) >= 11 is 0. The van der Waals surface area contributed by atoms with Gasteiger partial charge in [-0.15, -0.1) is 0 Å².